The van der Waals surface area contributed by atoms with Crippen molar-refractivity contribution in [3.63, 3.8) is 0 Å². The molecule has 0 radical (unpaired) electrons. The molecule has 0 aliphatic carbocycles. The maximum absolute atomic E-state index is 14.1. The fraction of sp³-hybridized carbons (Fsp3) is 0.333. The Balaban J connectivity index is 1.90. The van der Waals surface area contributed by atoms with E-state index in [4.69, 9.17) is 0 Å². The lowest BCUT2D eigenvalue weighted by molar-refractivity contribution is -0.143. The molecule has 0 fully saturated rings. The van der Waals surface area contributed by atoms with Gasteiger partial charge in [0.2, 0.25) is 11.8 Å². The summed E-state index contributed by atoms with van der Waals surface area (Å²) in [6, 6.07) is 4.99. The SMILES string of the molecule is Cc1cc(F)ccc1-c1c(N(C)C(=O)C(C)(C)c2cc(C(F)(F)F)cc(C(F)(F)F)c2)cnc2c1cnn2CC(=O)N(C)C. The number of hydrogen-bond donors (Lipinski definition) is 0. The first-order valence-corrected chi connectivity index (χ1v) is 13.1. The summed E-state index contributed by atoms with van der Waals surface area (Å²) in [6.07, 6.45) is -7.49. The average Bonchev–Trinajstić information content (AvgIpc) is 3.33. The summed E-state index contributed by atoms with van der Waals surface area (Å²) in [5.41, 5.74) is -3.81. The molecule has 0 aliphatic rings. The van der Waals surface area contributed by atoms with E-state index in [1.54, 1.807) is 21.0 Å². The first kappa shape index (κ1) is 32.4. The molecular weight excluding hydrogens is 595 g/mol. The molecule has 44 heavy (non-hydrogen) atoms. The summed E-state index contributed by atoms with van der Waals surface area (Å²) < 4.78 is 97.0. The lowest BCUT2D eigenvalue weighted by Gasteiger charge is -2.32. The highest BCUT2D eigenvalue weighted by Crippen LogP contribution is 2.42. The number of pyridine rings is 1. The van der Waals surface area contributed by atoms with Crippen molar-refractivity contribution >= 4 is 28.5 Å². The maximum Gasteiger partial charge on any atom is 0.416 e. The topological polar surface area (TPSA) is 71.3 Å². The van der Waals surface area contributed by atoms with Crippen molar-refractivity contribution in [1.82, 2.24) is 19.7 Å². The highest BCUT2D eigenvalue weighted by atomic mass is 19.4. The van der Waals surface area contributed by atoms with Crippen molar-refractivity contribution in [3.05, 3.63) is 76.9 Å². The minimum atomic E-state index is -5.10. The molecule has 2 aromatic carbocycles. The van der Waals surface area contributed by atoms with Gasteiger partial charge in [-0.15, -0.1) is 0 Å². The van der Waals surface area contributed by atoms with Gasteiger partial charge < -0.3 is 9.80 Å². The van der Waals surface area contributed by atoms with Gasteiger partial charge in [-0.2, -0.15) is 31.4 Å². The molecule has 0 bridgehead atoms. The Kier molecular flexibility index (Phi) is 8.26. The highest BCUT2D eigenvalue weighted by Gasteiger charge is 2.41. The van der Waals surface area contributed by atoms with E-state index in [9.17, 15) is 40.3 Å². The second-order valence-electron chi connectivity index (χ2n) is 11.1. The lowest BCUT2D eigenvalue weighted by atomic mass is 9.81. The summed E-state index contributed by atoms with van der Waals surface area (Å²) in [6.45, 7) is 3.91. The number of hydrogen-bond acceptors (Lipinski definition) is 4. The Hall–Kier alpha value is -4.49. The minimum Gasteiger partial charge on any atom is -0.347 e. The first-order valence-electron chi connectivity index (χ1n) is 13.1. The number of nitrogens with zero attached hydrogens (tertiary/aromatic N) is 5. The van der Waals surface area contributed by atoms with E-state index in [1.165, 1.54) is 61.1 Å². The summed E-state index contributed by atoms with van der Waals surface area (Å²) in [4.78, 5) is 33.2. The van der Waals surface area contributed by atoms with E-state index < -0.39 is 46.2 Å². The maximum atomic E-state index is 14.1. The van der Waals surface area contributed by atoms with Crippen LogP contribution in [0.1, 0.15) is 36.1 Å². The monoisotopic (exact) mass is 623 g/mol. The number of benzene rings is 2. The molecular formula is C30H28F7N5O2. The zero-order chi connectivity index (χ0) is 32.9. The normalized spacial score (nSPS) is 12.5. The van der Waals surface area contributed by atoms with Crippen LogP contribution in [-0.2, 0) is 33.9 Å². The van der Waals surface area contributed by atoms with Gasteiger partial charge in [0.15, 0.2) is 5.65 Å². The van der Waals surface area contributed by atoms with Crippen molar-refractivity contribution in [2.45, 2.75) is 45.1 Å². The number of rotatable bonds is 6. The lowest BCUT2D eigenvalue weighted by Crippen LogP contribution is -2.42. The number of likely N-dealkylation sites (N-methyl/N-ethyl adjacent to an activating group) is 2. The first-order chi connectivity index (χ1) is 20.2. The van der Waals surface area contributed by atoms with Gasteiger partial charge in [0, 0.05) is 32.1 Å². The van der Waals surface area contributed by atoms with Crippen LogP contribution < -0.4 is 4.90 Å². The van der Waals surface area contributed by atoms with Crippen LogP contribution >= 0.6 is 0 Å². The fourth-order valence-electron chi connectivity index (χ4n) is 4.81. The number of carbonyl (C=O) groups is 2. The number of amides is 2. The van der Waals surface area contributed by atoms with E-state index in [1.807, 2.05) is 0 Å². The van der Waals surface area contributed by atoms with Gasteiger partial charge in [0.05, 0.1) is 34.6 Å². The predicted molar refractivity (Wildman–Crippen MR) is 149 cm³/mol. The third-order valence-corrected chi connectivity index (χ3v) is 7.40. The van der Waals surface area contributed by atoms with Crippen molar-refractivity contribution in [2.24, 2.45) is 0 Å². The van der Waals surface area contributed by atoms with Crippen LogP contribution in [0, 0.1) is 12.7 Å². The predicted octanol–water partition coefficient (Wildman–Crippen LogP) is 6.61. The summed E-state index contributed by atoms with van der Waals surface area (Å²) in [5.74, 6) is -1.66. The van der Waals surface area contributed by atoms with E-state index in [0.29, 0.717) is 34.2 Å². The molecule has 2 heterocycles. The van der Waals surface area contributed by atoms with Crippen molar-refractivity contribution in [3.8, 4) is 11.1 Å². The van der Waals surface area contributed by atoms with E-state index in [0.717, 1.165) is 4.90 Å². The number of aromatic nitrogens is 3. The molecule has 0 unspecified atom stereocenters. The Bertz CT molecular complexity index is 1720. The summed E-state index contributed by atoms with van der Waals surface area (Å²) >= 11 is 0. The minimum absolute atomic E-state index is 0.000262. The number of halogens is 7. The molecule has 2 amide bonds. The van der Waals surface area contributed by atoms with E-state index >= 15 is 0 Å². The summed E-state index contributed by atoms with van der Waals surface area (Å²) in [7, 11) is 4.45. The standard InChI is InChI=1S/C30H28F7N5O2/c1-16-9-20(31)7-8-21(16)25-22-13-39-42(15-24(43)40(4)5)26(22)38-14-23(25)41(6)27(44)28(2,3)17-10-18(29(32,33)34)12-19(11-17)30(35,36)37/h7-14H,15H2,1-6H3. The molecule has 14 heteroatoms. The third kappa shape index (κ3) is 6.10. The van der Waals surface area contributed by atoms with Crippen LogP contribution in [0.4, 0.5) is 36.4 Å². The zero-order valence-electron chi connectivity index (χ0n) is 24.5. The fourth-order valence-corrected chi connectivity index (χ4v) is 4.81. The quantitative estimate of drug-likeness (QED) is 0.227. The molecule has 0 spiro atoms. The largest absolute Gasteiger partial charge is 0.416 e. The van der Waals surface area contributed by atoms with Crippen LogP contribution in [0.25, 0.3) is 22.2 Å². The van der Waals surface area contributed by atoms with Gasteiger partial charge >= 0.3 is 12.4 Å². The van der Waals surface area contributed by atoms with Gasteiger partial charge in [-0.05, 0) is 67.8 Å². The third-order valence-electron chi connectivity index (χ3n) is 7.40. The molecule has 7 nitrogen and oxygen atoms in total. The molecule has 234 valence electrons. The van der Waals surface area contributed by atoms with Gasteiger partial charge in [-0.25, -0.2) is 14.1 Å². The van der Waals surface area contributed by atoms with Gasteiger partial charge in [0.25, 0.3) is 0 Å². The average molecular weight is 624 g/mol. The van der Waals surface area contributed by atoms with Crippen LogP contribution in [-0.4, -0.2) is 52.6 Å². The number of aryl methyl sites for hydroxylation is 1. The zero-order valence-corrected chi connectivity index (χ0v) is 24.5. The summed E-state index contributed by atoms with van der Waals surface area (Å²) in [5, 5.41) is 4.65. The molecule has 0 N–H and O–H groups in total. The van der Waals surface area contributed by atoms with Crippen molar-refractivity contribution in [2.75, 3.05) is 26.0 Å². The number of fused-ring (bicyclic) bond motifs is 1. The van der Waals surface area contributed by atoms with Crippen LogP contribution in [0.2, 0.25) is 0 Å². The molecule has 0 saturated heterocycles. The number of carbonyl (C=O) groups excluding carboxylic acids is 2. The Morgan fingerprint density at radius 2 is 1.43 bits per heavy atom. The molecule has 0 aliphatic heterocycles. The highest BCUT2D eigenvalue weighted by molar-refractivity contribution is 6.08. The van der Waals surface area contributed by atoms with Crippen molar-refractivity contribution < 1.29 is 40.3 Å². The van der Waals surface area contributed by atoms with E-state index in [2.05, 4.69) is 10.1 Å². The smallest absolute Gasteiger partial charge is 0.347 e. The molecule has 0 saturated carbocycles. The second kappa shape index (κ2) is 11.2. The van der Waals surface area contributed by atoms with E-state index in [-0.39, 0.29) is 29.9 Å². The number of alkyl halides is 6. The van der Waals surface area contributed by atoms with Crippen LogP contribution in [0.3, 0.4) is 0 Å². The molecule has 2 aromatic heterocycles. The Morgan fingerprint density at radius 3 is 1.95 bits per heavy atom. The van der Waals surface area contributed by atoms with Crippen molar-refractivity contribution in [1.29, 1.82) is 0 Å². The van der Waals surface area contributed by atoms with Crippen LogP contribution in [0.15, 0.2) is 48.8 Å². The van der Waals surface area contributed by atoms with Gasteiger partial charge in [-0.3, -0.25) is 9.59 Å². The van der Waals surface area contributed by atoms with Gasteiger partial charge in [-0.1, -0.05) is 6.07 Å². The van der Waals surface area contributed by atoms with Crippen LogP contribution in [0.5, 0.6) is 0 Å². The molecule has 0 atom stereocenters. The second-order valence-corrected chi connectivity index (χ2v) is 11.1. The Labute approximate surface area is 247 Å². The Morgan fingerprint density at radius 1 is 0.864 bits per heavy atom. The van der Waals surface area contributed by atoms with Gasteiger partial charge in [0.1, 0.15) is 12.4 Å². The number of anilines is 1. The molecule has 4 rings (SSSR count). The molecule has 4 aromatic rings.